The maximum Gasteiger partial charge on any atom is 0.227 e. The van der Waals surface area contributed by atoms with E-state index in [1.54, 1.807) is 6.20 Å². The van der Waals surface area contributed by atoms with E-state index in [9.17, 15) is 0 Å². The van der Waals surface area contributed by atoms with E-state index in [2.05, 4.69) is 20.4 Å². The van der Waals surface area contributed by atoms with Crippen LogP contribution in [-0.4, -0.2) is 32.1 Å². The number of hydrogen-bond acceptors (Lipinski definition) is 5. The van der Waals surface area contributed by atoms with E-state index >= 15 is 0 Å². The monoisotopic (exact) mass is 365 g/mol. The molecule has 0 atom stereocenters. The minimum Gasteiger partial charge on any atom is -0.492 e. The number of pyridine rings is 1. The average Bonchev–Trinajstić information content (AvgIpc) is 3.11. The number of nitrogens with one attached hydrogen (secondary N) is 1. The SMILES string of the molecule is ClCCOc1cccc(Nc2nccc(-c3cnn4ccccc34)n2)c1. The molecule has 0 fully saturated rings. The lowest BCUT2D eigenvalue weighted by atomic mass is 10.2. The molecule has 0 radical (unpaired) electrons. The van der Waals surface area contributed by atoms with Crippen molar-refractivity contribution in [2.45, 2.75) is 0 Å². The first-order valence-corrected chi connectivity index (χ1v) is 8.68. The molecule has 130 valence electrons. The van der Waals surface area contributed by atoms with Gasteiger partial charge in [0.25, 0.3) is 0 Å². The van der Waals surface area contributed by atoms with Gasteiger partial charge in [-0.2, -0.15) is 5.10 Å². The summed E-state index contributed by atoms with van der Waals surface area (Å²) in [6.07, 6.45) is 5.44. The van der Waals surface area contributed by atoms with Crippen molar-refractivity contribution in [3.63, 3.8) is 0 Å². The van der Waals surface area contributed by atoms with E-state index in [0.29, 0.717) is 18.4 Å². The zero-order chi connectivity index (χ0) is 17.8. The van der Waals surface area contributed by atoms with E-state index in [0.717, 1.165) is 28.2 Å². The number of ether oxygens (including phenoxy) is 1. The van der Waals surface area contributed by atoms with Gasteiger partial charge in [0.15, 0.2) is 0 Å². The molecule has 0 aliphatic heterocycles. The second kappa shape index (κ2) is 7.41. The van der Waals surface area contributed by atoms with Crippen LogP contribution in [0, 0.1) is 0 Å². The molecular formula is C19H16ClN5O. The number of benzene rings is 1. The molecule has 4 aromatic rings. The molecule has 6 nitrogen and oxygen atoms in total. The Labute approximate surface area is 155 Å². The summed E-state index contributed by atoms with van der Waals surface area (Å²) in [6, 6.07) is 15.4. The lowest BCUT2D eigenvalue weighted by molar-refractivity contribution is 0.343. The van der Waals surface area contributed by atoms with Crippen LogP contribution in [-0.2, 0) is 0 Å². The van der Waals surface area contributed by atoms with E-state index in [-0.39, 0.29) is 0 Å². The Morgan fingerprint density at radius 2 is 2.08 bits per heavy atom. The Hall–Kier alpha value is -3.12. The predicted molar refractivity (Wildman–Crippen MR) is 102 cm³/mol. The molecule has 0 aliphatic carbocycles. The zero-order valence-electron chi connectivity index (χ0n) is 13.8. The third kappa shape index (κ3) is 3.45. The Kier molecular flexibility index (Phi) is 4.66. The molecule has 0 saturated carbocycles. The molecule has 0 amide bonds. The van der Waals surface area contributed by atoms with Crippen molar-refractivity contribution in [3.8, 4) is 17.0 Å². The van der Waals surface area contributed by atoms with Crippen LogP contribution in [0.5, 0.6) is 5.75 Å². The molecule has 3 heterocycles. The van der Waals surface area contributed by atoms with Gasteiger partial charge in [-0.1, -0.05) is 12.1 Å². The summed E-state index contributed by atoms with van der Waals surface area (Å²) in [7, 11) is 0. The first kappa shape index (κ1) is 16.4. The molecule has 4 rings (SSSR count). The number of halogens is 1. The third-order valence-electron chi connectivity index (χ3n) is 3.79. The van der Waals surface area contributed by atoms with Crippen molar-refractivity contribution in [1.29, 1.82) is 0 Å². The van der Waals surface area contributed by atoms with Crippen molar-refractivity contribution in [1.82, 2.24) is 19.6 Å². The molecule has 1 aromatic carbocycles. The highest BCUT2D eigenvalue weighted by molar-refractivity contribution is 6.18. The topological polar surface area (TPSA) is 64.3 Å². The molecule has 26 heavy (non-hydrogen) atoms. The van der Waals surface area contributed by atoms with Gasteiger partial charge in [-0.3, -0.25) is 0 Å². The molecule has 7 heteroatoms. The van der Waals surface area contributed by atoms with Gasteiger partial charge in [-0.25, -0.2) is 14.5 Å². The van der Waals surface area contributed by atoms with Crippen molar-refractivity contribution in [2.75, 3.05) is 17.8 Å². The third-order valence-corrected chi connectivity index (χ3v) is 3.95. The van der Waals surface area contributed by atoms with Crippen molar-refractivity contribution < 1.29 is 4.74 Å². The van der Waals surface area contributed by atoms with Gasteiger partial charge >= 0.3 is 0 Å². The van der Waals surface area contributed by atoms with E-state index in [1.807, 2.05) is 65.4 Å². The second-order valence-electron chi connectivity index (χ2n) is 5.54. The number of nitrogens with zero attached hydrogens (tertiary/aromatic N) is 4. The smallest absolute Gasteiger partial charge is 0.227 e. The molecular weight excluding hydrogens is 350 g/mol. The molecule has 1 N–H and O–H groups in total. The standard InChI is InChI=1S/C19H16ClN5O/c20-8-11-26-15-5-3-4-14(12-15)23-19-21-9-7-17(24-19)16-13-22-25-10-2-1-6-18(16)25/h1-7,9-10,12-13H,8,11H2,(H,21,23,24). The minimum absolute atomic E-state index is 0.447. The Balaban J connectivity index is 1.60. The Bertz CT molecular complexity index is 1030. The van der Waals surface area contributed by atoms with Crippen LogP contribution >= 0.6 is 11.6 Å². The molecule has 0 bridgehead atoms. The van der Waals surface area contributed by atoms with Gasteiger partial charge in [0.2, 0.25) is 5.95 Å². The summed E-state index contributed by atoms with van der Waals surface area (Å²) in [5.74, 6) is 1.70. The van der Waals surface area contributed by atoms with Crippen LogP contribution < -0.4 is 10.1 Å². The normalized spacial score (nSPS) is 10.8. The number of alkyl halides is 1. The molecule has 0 unspecified atom stereocenters. The van der Waals surface area contributed by atoms with Crippen LogP contribution in [0.25, 0.3) is 16.8 Å². The number of hydrogen-bond donors (Lipinski definition) is 1. The Morgan fingerprint density at radius 1 is 1.12 bits per heavy atom. The second-order valence-corrected chi connectivity index (χ2v) is 5.92. The van der Waals surface area contributed by atoms with Gasteiger partial charge in [0, 0.05) is 29.7 Å². The lowest BCUT2D eigenvalue weighted by Crippen LogP contribution is -2.00. The fraction of sp³-hybridized carbons (Fsp3) is 0.105. The predicted octanol–water partition coefficient (Wildman–Crippen LogP) is 4.15. The number of fused-ring (bicyclic) bond motifs is 1. The van der Waals surface area contributed by atoms with Crippen molar-refractivity contribution in [2.24, 2.45) is 0 Å². The molecule has 0 spiro atoms. The minimum atomic E-state index is 0.447. The van der Waals surface area contributed by atoms with E-state index < -0.39 is 0 Å². The number of anilines is 2. The maximum absolute atomic E-state index is 5.66. The maximum atomic E-state index is 5.66. The van der Waals surface area contributed by atoms with Gasteiger partial charge < -0.3 is 10.1 Å². The first-order valence-electron chi connectivity index (χ1n) is 8.15. The van der Waals surface area contributed by atoms with Crippen LogP contribution in [0.4, 0.5) is 11.6 Å². The number of aromatic nitrogens is 4. The van der Waals surface area contributed by atoms with Crippen molar-refractivity contribution >= 4 is 28.8 Å². The summed E-state index contributed by atoms with van der Waals surface area (Å²) in [4.78, 5) is 8.92. The molecule has 3 aromatic heterocycles. The summed E-state index contributed by atoms with van der Waals surface area (Å²) in [5, 5.41) is 7.57. The largest absolute Gasteiger partial charge is 0.492 e. The molecule has 0 saturated heterocycles. The van der Waals surface area contributed by atoms with Crippen LogP contribution in [0.2, 0.25) is 0 Å². The van der Waals surface area contributed by atoms with E-state index in [1.165, 1.54) is 0 Å². The quantitative estimate of drug-likeness (QED) is 0.520. The summed E-state index contributed by atoms with van der Waals surface area (Å²) < 4.78 is 7.36. The summed E-state index contributed by atoms with van der Waals surface area (Å²) in [6.45, 7) is 0.464. The summed E-state index contributed by atoms with van der Waals surface area (Å²) >= 11 is 5.66. The molecule has 0 aliphatic rings. The zero-order valence-corrected chi connectivity index (χ0v) is 14.6. The highest BCUT2D eigenvalue weighted by atomic mass is 35.5. The highest BCUT2D eigenvalue weighted by Gasteiger charge is 2.09. The Morgan fingerprint density at radius 3 is 3.00 bits per heavy atom. The van der Waals surface area contributed by atoms with Gasteiger partial charge in [0.1, 0.15) is 12.4 Å². The first-order chi connectivity index (χ1) is 12.8. The van der Waals surface area contributed by atoms with Gasteiger partial charge in [0.05, 0.1) is 23.3 Å². The van der Waals surface area contributed by atoms with Crippen molar-refractivity contribution in [3.05, 3.63) is 67.1 Å². The van der Waals surface area contributed by atoms with Gasteiger partial charge in [-0.15, -0.1) is 11.6 Å². The van der Waals surface area contributed by atoms with Crippen LogP contribution in [0.1, 0.15) is 0 Å². The fourth-order valence-electron chi connectivity index (χ4n) is 2.65. The number of rotatable bonds is 6. The van der Waals surface area contributed by atoms with Crippen LogP contribution in [0.15, 0.2) is 67.1 Å². The van der Waals surface area contributed by atoms with E-state index in [4.69, 9.17) is 16.3 Å². The van der Waals surface area contributed by atoms with Crippen LogP contribution in [0.3, 0.4) is 0 Å². The lowest BCUT2D eigenvalue weighted by Gasteiger charge is -2.09. The van der Waals surface area contributed by atoms with Gasteiger partial charge in [-0.05, 0) is 30.3 Å². The highest BCUT2D eigenvalue weighted by Crippen LogP contribution is 2.24. The summed E-state index contributed by atoms with van der Waals surface area (Å²) in [5.41, 5.74) is 3.59. The fourth-order valence-corrected chi connectivity index (χ4v) is 2.73. The average molecular weight is 366 g/mol.